The van der Waals surface area contributed by atoms with Gasteiger partial charge in [0, 0.05) is 6.04 Å². The van der Waals surface area contributed by atoms with Crippen LogP contribution in [0.2, 0.25) is 0 Å². The molecular weight excluding hydrogens is 319 g/mol. The lowest BCUT2D eigenvalue weighted by molar-refractivity contribution is 0.0909. The first-order valence-electron chi connectivity index (χ1n) is 8.61. The minimum atomic E-state index is -0.278. The lowest BCUT2D eigenvalue weighted by Crippen LogP contribution is -2.48. The van der Waals surface area contributed by atoms with Crippen LogP contribution in [0.4, 0.5) is 4.39 Å². The minimum Gasteiger partial charge on any atom is -0.488 e. The molecule has 1 aliphatic rings. The van der Waals surface area contributed by atoms with Gasteiger partial charge in [0.2, 0.25) is 0 Å². The zero-order valence-corrected chi connectivity index (χ0v) is 14.3. The van der Waals surface area contributed by atoms with Gasteiger partial charge < -0.3 is 15.4 Å². The van der Waals surface area contributed by atoms with Crippen LogP contribution in [-0.4, -0.2) is 25.0 Å². The van der Waals surface area contributed by atoms with Crippen molar-refractivity contribution in [1.29, 1.82) is 0 Å². The summed E-state index contributed by atoms with van der Waals surface area (Å²) in [5.74, 6) is 0.531. The summed E-state index contributed by atoms with van der Waals surface area (Å²) in [6.45, 7) is 4.24. The standard InChI is InChI=1S/C20H23FN2O2/c1-14-12-22-11-10-18(14)23-20(24)17-4-2-3-5-19(17)25-13-15-6-8-16(21)9-7-15/h2-9,14,18,22H,10-13H2,1H3,(H,23,24). The van der Waals surface area contributed by atoms with Crippen molar-refractivity contribution in [3.63, 3.8) is 0 Å². The Morgan fingerprint density at radius 3 is 2.76 bits per heavy atom. The van der Waals surface area contributed by atoms with Crippen LogP contribution < -0.4 is 15.4 Å². The fourth-order valence-corrected chi connectivity index (χ4v) is 3.00. The van der Waals surface area contributed by atoms with Gasteiger partial charge in [-0.3, -0.25) is 4.79 Å². The van der Waals surface area contributed by atoms with Crippen LogP contribution >= 0.6 is 0 Å². The lowest BCUT2D eigenvalue weighted by atomic mass is 9.95. The van der Waals surface area contributed by atoms with E-state index in [9.17, 15) is 9.18 Å². The monoisotopic (exact) mass is 342 g/mol. The van der Waals surface area contributed by atoms with E-state index in [0.29, 0.717) is 17.2 Å². The van der Waals surface area contributed by atoms with Crippen molar-refractivity contribution >= 4 is 5.91 Å². The third kappa shape index (κ3) is 4.57. The summed E-state index contributed by atoms with van der Waals surface area (Å²) in [4.78, 5) is 12.7. The number of hydrogen-bond donors (Lipinski definition) is 2. The van der Waals surface area contributed by atoms with Crippen LogP contribution in [0.1, 0.15) is 29.3 Å². The summed E-state index contributed by atoms with van der Waals surface area (Å²) < 4.78 is 18.8. The normalized spacial score (nSPS) is 20.1. The van der Waals surface area contributed by atoms with Gasteiger partial charge in [0.05, 0.1) is 5.56 Å². The van der Waals surface area contributed by atoms with Gasteiger partial charge in [-0.05, 0) is 55.3 Å². The molecule has 0 bridgehead atoms. The van der Waals surface area contributed by atoms with E-state index in [2.05, 4.69) is 17.6 Å². The highest BCUT2D eigenvalue weighted by Gasteiger charge is 2.24. The summed E-state index contributed by atoms with van der Waals surface area (Å²) >= 11 is 0. The third-order valence-electron chi connectivity index (χ3n) is 4.54. The Morgan fingerprint density at radius 1 is 1.24 bits per heavy atom. The zero-order valence-electron chi connectivity index (χ0n) is 14.3. The Kier molecular flexibility index (Phi) is 5.66. The van der Waals surface area contributed by atoms with Crippen molar-refractivity contribution in [3.05, 3.63) is 65.5 Å². The molecule has 1 amide bonds. The van der Waals surface area contributed by atoms with Crippen molar-refractivity contribution in [2.75, 3.05) is 13.1 Å². The van der Waals surface area contributed by atoms with Gasteiger partial charge in [0.1, 0.15) is 18.2 Å². The van der Waals surface area contributed by atoms with Crippen LogP contribution in [-0.2, 0) is 6.61 Å². The molecular formula is C20H23FN2O2. The highest BCUT2D eigenvalue weighted by molar-refractivity contribution is 5.97. The van der Waals surface area contributed by atoms with E-state index in [1.807, 2.05) is 12.1 Å². The van der Waals surface area contributed by atoms with E-state index >= 15 is 0 Å². The lowest BCUT2D eigenvalue weighted by Gasteiger charge is -2.30. The molecule has 132 valence electrons. The van der Waals surface area contributed by atoms with Gasteiger partial charge in [-0.15, -0.1) is 0 Å². The highest BCUT2D eigenvalue weighted by Crippen LogP contribution is 2.21. The van der Waals surface area contributed by atoms with E-state index in [4.69, 9.17) is 4.74 Å². The molecule has 2 unspecified atom stereocenters. The number of halogens is 1. The fraction of sp³-hybridized carbons (Fsp3) is 0.350. The van der Waals surface area contributed by atoms with Gasteiger partial charge in [-0.2, -0.15) is 0 Å². The molecule has 0 saturated carbocycles. The van der Waals surface area contributed by atoms with Crippen LogP contribution in [0.5, 0.6) is 5.75 Å². The Morgan fingerprint density at radius 2 is 2.00 bits per heavy atom. The summed E-state index contributed by atoms with van der Waals surface area (Å²) in [6.07, 6.45) is 0.922. The van der Waals surface area contributed by atoms with Crippen molar-refractivity contribution in [3.8, 4) is 5.75 Å². The van der Waals surface area contributed by atoms with Gasteiger partial charge in [0.15, 0.2) is 0 Å². The van der Waals surface area contributed by atoms with Crippen LogP contribution in [0.15, 0.2) is 48.5 Å². The van der Waals surface area contributed by atoms with Gasteiger partial charge in [-0.25, -0.2) is 4.39 Å². The first-order chi connectivity index (χ1) is 12.1. The molecule has 1 fully saturated rings. The number of carbonyl (C=O) groups is 1. The number of hydrogen-bond acceptors (Lipinski definition) is 3. The summed E-state index contributed by atoms with van der Waals surface area (Å²) in [5.41, 5.74) is 1.37. The van der Waals surface area contributed by atoms with Gasteiger partial charge >= 0.3 is 0 Å². The Labute approximate surface area is 147 Å². The largest absolute Gasteiger partial charge is 0.488 e. The zero-order chi connectivity index (χ0) is 17.6. The maximum atomic E-state index is 13.0. The molecule has 25 heavy (non-hydrogen) atoms. The Balaban J connectivity index is 1.67. The van der Waals surface area contributed by atoms with Gasteiger partial charge in [0.25, 0.3) is 5.91 Å². The summed E-state index contributed by atoms with van der Waals surface area (Å²) in [7, 11) is 0. The number of amides is 1. The molecule has 2 aromatic carbocycles. The Hall–Kier alpha value is -2.40. The van der Waals surface area contributed by atoms with Crippen molar-refractivity contribution < 1.29 is 13.9 Å². The summed E-state index contributed by atoms with van der Waals surface area (Å²) in [6, 6.07) is 13.5. The molecule has 5 heteroatoms. The molecule has 1 aliphatic heterocycles. The van der Waals surface area contributed by atoms with Crippen LogP contribution in [0.25, 0.3) is 0 Å². The quantitative estimate of drug-likeness (QED) is 0.878. The van der Waals surface area contributed by atoms with Crippen LogP contribution in [0, 0.1) is 11.7 Å². The second-order valence-corrected chi connectivity index (χ2v) is 6.46. The SMILES string of the molecule is CC1CNCCC1NC(=O)c1ccccc1OCc1ccc(F)cc1. The predicted molar refractivity (Wildman–Crippen MR) is 95.1 cm³/mol. The van der Waals surface area contributed by atoms with E-state index in [1.165, 1.54) is 12.1 Å². The number of rotatable bonds is 5. The number of nitrogens with one attached hydrogen (secondary N) is 2. The van der Waals surface area contributed by atoms with E-state index in [-0.39, 0.29) is 24.4 Å². The number of para-hydroxylation sites is 1. The van der Waals surface area contributed by atoms with Crippen molar-refractivity contribution in [1.82, 2.24) is 10.6 Å². The number of carbonyl (C=O) groups excluding carboxylic acids is 1. The molecule has 2 aromatic rings. The second-order valence-electron chi connectivity index (χ2n) is 6.46. The van der Waals surface area contributed by atoms with E-state index in [1.54, 1.807) is 24.3 Å². The fourth-order valence-electron chi connectivity index (χ4n) is 3.00. The molecule has 4 nitrogen and oxygen atoms in total. The van der Waals surface area contributed by atoms with Crippen molar-refractivity contribution in [2.45, 2.75) is 26.0 Å². The maximum absolute atomic E-state index is 13.0. The highest BCUT2D eigenvalue weighted by atomic mass is 19.1. The number of piperidine rings is 1. The van der Waals surface area contributed by atoms with E-state index < -0.39 is 0 Å². The molecule has 0 aliphatic carbocycles. The molecule has 3 rings (SSSR count). The molecule has 0 aromatic heterocycles. The number of benzene rings is 2. The Bertz CT molecular complexity index is 718. The minimum absolute atomic E-state index is 0.117. The predicted octanol–water partition coefficient (Wildman–Crippen LogP) is 3.13. The first kappa shape index (κ1) is 17.4. The molecule has 0 spiro atoms. The second kappa shape index (κ2) is 8.12. The van der Waals surface area contributed by atoms with Gasteiger partial charge in [-0.1, -0.05) is 31.2 Å². The first-order valence-corrected chi connectivity index (χ1v) is 8.61. The topological polar surface area (TPSA) is 50.4 Å². The molecule has 0 radical (unpaired) electrons. The average molecular weight is 342 g/mol. The molecule has 1 saturated heterocycles. The smallest absolute Gasteiger partial charge is 0.255 e. The average Bonchev–Trinajstić information content (AvgIpc) is 2.63. The molecule has 2 N–H and O–H groups in total. The summed E-state index contributed by atoms with van der Waals surface area (Å²) in [5, 5.41) is 6.45. The molecule has 1 heterocycles. The van der Waals surface area contributed by atoms with E-state index in [0.717, 1.165) is 25.1 Å². The molecule has 2 atom stereocenters. The third-order valence-corrected chi connectivity index (χ3v) is 4.54. The number of ether oxygens (including phenoxy) is 1. The van der Waals surface area contributed by atoms with Crippen LogP contribution in [0.3, 0.4) is 0 Å². The maximum Gasteiger partial charge on any atom is 0.255 e. The van der Waals surface area contributed by atoms with Crippen molar-refractivity contribution in [2.24, 2.45) is 5.92 Å².